The molecule has 1 aliphatic heterocycles. The Morgan fingerprint density at radius 2 is 1.68 bits per heavy atom. The van der Waals surface area contributed by atoms with Crippen LogP contribution >= 0.6 is 0 Å². The molecule has 25 heavy (non-hydrogen) atoms. The summed E-state index contributed by atoms with van der Waals surface area (Å²) in [6, 6.07) is 8.04. The monoisotopic (exact) mass is 350 g/mol. The zero-order valence-corrected chi connectivity index (χ0v) is 16.7. The van der Waals surface area contributed by atoms with E-state index in [0.717, 1.165) is 18.6 Å². The second-order valence-electron chi connectivity index (χ2n) is 9.17. The van der Waals surface area contributed by atoms with Crippen LogP contribution in [-0.2, 0) is 0 Å². The molecule has 1 fully saturated rings. The highest BCUT2D eigenvalue weighted by Crippen LogP contribution is 2.26. The topological polar surface area (TPSA) is 54.1 Å². The van der Waals surface area contributed by atoms with E-state index in [4.69, 9.17) is 4.74 Å². The van der Waals surface area contributed by atoms with Crippen molar-refractivity contribution in [3.8, 4) is 5.75 Å². The van der Waals surface area contributed by atoms with Crippen LogP contribution < -0.4 is 9.64 Å². The molecule has 0 spiro atoms. The van der Waals surface area contributed by atoms with Crippen LogP contribution in [0.5, 0.6) is 5.75 Å². The van der Waals surface area contributed by atoms with Crippen LogP contribution in [-0.4, -0.2) is 46.7 Å². The van der Waals surface area contributed by atoms with Crippen molar-refractivity contribution >= 4 is 0 Å². The van der Waals surface area contributed by atoms with E-state index in [1.54, 1.807) is 0 Å². The molecule has 3 N–H and O–H groups in total. The predicted octanol–water partition coefficient (Wildman–Crippen LogP) is 2.15. The number of quaternary nitrogens is 1. The van der Waals surface area contributed by atoms with Crippen molar-refractivity contribution in [2.45, 2.75) is 83.6 Å². The lowest BCUT2D eigenvalue weighted by molar-refractivity contribution is -1.00. The first-order valence-corrected chi connectivity index (χ1v) is 9.47. The summed E-state index contributed by atoms with van der Waals surface area (Å²) in [5.41, 5.74) is 1.03. The number of hydrogen-bond donors (Lipinski definition) is 3. The molecule has 1 heterocycles. The number of nitrogens with one attached hydrogen (secondary N) is 1. The molecule has 1 atom stereocenters. The molecule has 1 aromatic carbocycles. The van der Waals surface area contributed by atoms with E-state index in [2.05, 4.69) is 47.6 Å². The molecule has 0 aromatic heterocycles. The van der Waals surface area contributed by atoms with Gasteiger partial charge in [-0.25, -0.2) is 0 Å². The summed E-state index contributed by atoms with van der Waals surface area (Å²) >= 11 is 0. The fraction of sp³-hybridized carbons (Fsp3) is 0.714. The summed E-state index contributed by atoms with van der Waals surface area (Å²) in [5.74, 6) is 1.25. The molecular weight excluding hydrogens is 314 g/mol. The van der Waals surface area contributed by atoms with Gasteiger partial charge in [0.1, 0.15) is 25.0 Å². The number of ether oxygens (including phenoxy) is 1. The number of aliphatic hydroxyl groups is 2. The van der Waals surface area contributed by atoms with Crippen molar-refractivity contribution in [2.75, 3.05) is 13.2 Å². The SMILES string of the molecule is CC(C)c1ccccc1OC[C@@H](O)C[NH+]1C(C)(C)CC(O)CC1(C)C. The van der Waals surface area contributed by atoms with Gasteiger partial charge in [-0.3, -0.25) is 0 Å². The van der Waals surface area contributed by atoms with Gasteiger partial charge in [-0.2, -0.15) is 0 Å². The standard InChI is InChI=1S/C21H35NO3/c1-15(2)18-9-7-8-10-19(18)25-14-17(24)13-22-20(3,4)11-16(23)12-21(22,5)6/h7-10,15-17,23-24H,11-14H2,1-6H3/p+1/t17-/m0/s1. The zero-order valence-electron chi connectivity index (χ0n) is 16.7. The van der Waals surface area contributed by atoms with E-state index in [9.17, 15) is 10.2 Å². The van der Waals surface area contributed by atoms with Crippen LogP contribution in [0.1, 0.15) is 65.9 Å². The Hall–Kier alpha value is -1.10. The van der Waals surface area contributed by atoms with Gasteiger partial charge in [0.25, 0.3) is 0 Å². The second-order valence-corrected chi connectivity index (χ2v) is 9.17. The number of aliphatic hydroxyl groups excluding tert-OH is 2. The van der Waals surface area contributed by atoms with Gasteiger partial charge >= 0.3 is 0 Å². The molecule has 1 aromatic rings. The van der Waals surface area contributed by atoms with Gasteiger partial charge in [-0.15, -0.1) is 0 Å². The minimum absolute atomic E-state index is 0.0714. The molecule has 1 aliphatic rings. The molecule has 4 nitrogen and oxygen atoms in total. The normalized spacial score (nSPS) is 26.4. The summed E-state index contributed by atoms with van der Waals surface area (Å²) in [7, 11) is 0. The Morgan fingerprint density at radius 3 is 2.24 bits per heavy atom. The average Bonchev–Trinajstić information content (AvgIpc) is 2.48. The van der Waals surface area contributed by atoms with E-state index in [0.29, 0.717) is 19.1 Å². The van der Waals surface area contributed by atoms with Crippen LogP contribution in [0.25, 0.3) is 0 Å². The quantitative estimate of drug-likeness (QED) is 0.737. The first-order chi connectivity index (χ1) is 11.5. The molecule has 0 amide bonds. The second kappa shape index (κ2) is 7.65. The Balaban J connectivity index is 2.01. The van der Waals surface area contributed by atoms with Crippen LogP contribution in [0.2, 0.25) is 0 Å². The summed E-state index contributed by atoms with van der Waals surface area (Å²) in [5, 5.41) is 20.8. The first kappa shape index (κ1) is 20.2. The third-order valence-electron chi connectivity index (χ3n) is 5.54. The summed E-state index contributed by atoms with van der Waals surface area (Å²) in [6.45, 7) is 13.9. The minimum Gasteiger partial charge on any atom is -0.490 e. The number of para-hydroxylation sites is 1. The lowest BCUT2D eigenvalue weighted by Crippen LogP contribution is -3.27. The number of hydrogen-bond acceptors (Lipinski definition) is 3. The third kappa shape index (κ3) is 4.96. The highest BCUT2D eigenvalue weighted by atomic mass is 16.5. The van der Waals surface area contributed by atoms with Gasteiger partial charge in [0, 0.05) is 12.8 Å². The maximum absolute atomic E-state index is 10.6. The van der Waals surface area contributed by atoms with E-state index < -0.39 is 6.10 Å². The maximum Gasteiger partial charge on any atom is 0.137 e. The molecule has 0 aliphatic carbocycles. The molecule has 142 valence electrons. The summed E-state index contributed by atoms with van der Waals surface area (Å²) < 4.78 is 5.95. The number of piperidine rings is 1. The van der Waals surface area contributed by atoms with E-state index in [1.807, 2.05) is 18.2 Å². The fourth-order valence-electron chi connectivity index (χ4n) is 4.53. The predicted molar refractivity (Wildman–Crippen MR) is 101 cm³/mol. The molecule has 2 rings (SSSR count). The van der Waals surface area contributed by atoms with Gasteiger partial charge in [0.15, 0.2) is 0 Å². The van der Waals surface area contributed by atoms with E-state index >= 15 is 0 Å². The van der Waals surface area contributed by atoms with Crippen molar-refractivity contribution in [1.82, 2.24) is 0 Å². The summed E-state index contributed by atoms with van der Waals surface area (Å²) in [4.78, 5) is 1.33. The van der Waals surface area contributed by atoms with Crippen LogP contribution in [0.4, 0.5) is 0 Å². The summed E-state index contributed by atoms with van der Waals surface area (Å²) in [6.07, 6.45) is 0.717. The molecule has 1 saturated heterocycles. The lowest BCUT2D eigenvalue weighted by atomic mass is 9.78. The smallest absolute Gasteiger partial charge is 0.137 e. The zero-order chi connectivity index (χ0) is 18.8. The first-order valence-electron chi connectivity index (χ1n) is 9.47. The fourth-order valence-corrected chi connectivity index (χ4v) is 4.53. The molecule has 0 bridgehead atoms. The Labute approximate surface area is 152 Å². The molecule has 0 radical (unpaired) electrons. The van der Waals surface area contributed by atoms with Gasteiger partial charge in [-0.1, -0.05) is 32.0 Å². The molecular formula is C21H36NO3+. The van der Waals surface area contributed by atoms with Crippen molar-refractivity contribution in [2.24, 2.45) is 0 Å². The Kier molecular flexibility index (Phi) is 6.18. The van der Waals surface area contributed by atoms with Crippen molar-refractivity contribution < 1.29 is 19.8 Å². The molecule has 0 saturated carbocycles. The van der Waals surface area contributed by atoms with Crippen LogP contribution in [0.15, 0.2) is 24.3 Å². The van der Waals surface area contributed by atoms with Crippen LogP contribution in [0, 0.1) is 0 Å². The Morgan fingerprint density at radius 1 is 1.12 bits per heavy atom. The third-order valence-corrected chi connectivity index (χ3v) is 5.54. The molecule has 0 unspecified atom stereocenters. The highest BCUT2D eigenvalue weighted by Gasteiger charge is 2.49. The van der Waals surface area contributed by atoms with E-state index in [1.165, 1.54) is 10.5 Å². The van der Waals surface area contributed by atoms with Crippen molar-refractivity contribution in [3.05, 3.63) is 29.8 Å². The number of likely N-dealkylation sites (tertiary alicyclic amines) is 1. The highest BCUT2D eigenvalue weighted by molar-refractivity contribution is 5.35. The van der Waals surface area contributed by atoms with Gasteiger partial charge in [0.2, 0.25) is 0 Å². The minimum atomic E-state index is -0.538. The number of benzene rings is 1. The lowest BCUT2D eigenvalue weighted by Gasteiger charge is -2.51. The number of rotatable bonds is 6. The van der Waals surface area contributed by atoms with Crippen LogP contribution in [0.3, 0.4) is 0 Å². The van der Waals surface area contributed by atoms with Crippen molar-refractivity contribution in [1.29, 1.82) is 0 Å². The average molecular weight is 351 g/mol. The van der Waals surface area contributed by atoms with Gasteiger partial charge in [-0.05, 0) is 45.2 Å². The Bertz CT molecular complexity index is 550. The molecule has 4 heteroatoms. The maximum atomic E-state index is 10.6. The van der Waals surface area contributed by atoms with E-state index in [-0.39, 0.29) is 17.2 Å². The van der Waals surface area contributed by atoms with Gasteiger partial charge < -0.3 is 19.8 Å². The van der Waals surface area contributed by atoms with Crippen molar-refractivity contribution in [3.63, 3.8) is 0 Å². The largest absolute Gasteiger partial charge is 0.490 e. The van der Waals surface area contributed by atoms with Gasteiger partial charge in [0.05, 0.1) is 17.2 Å².